The molecule has 2 unspecified atom stereocenters. The van der Waals surface area contributed by atoms with E-state index in [4.69, 9.17) is 20.2 Å². The smallest absolute Gasteiger partial charge is 0.265 e. The topological polar surface area (TPSA) is 52.6 Å². The molecule has 0 spiro atoms. The van der Waals surface area contributed by atoms with Crippen LogP contribution >= 0.6 is 10.7 Å². The van der Waals surface area contributed by atoms with E-state index in [0.29, 0.717) is 23.3 Å². The number of hydrogen-bond donors (Lipinski definition) is 0. The van der Waals surface area contributed by atoms with Gasteiger partial charge in [-0.25, -0.2) is 8.42 Å². The van der Waals surface area contributed by atoms with Gasteiger partial charge in [0.1, 0.15) is 16.4 Å². The summed E-state index contributed by atoms with van der Waals surface area (Å²) >= 11 is 0. The summed E-state index contributed by atoms with van der Waals surface area (Å²) in [5.41, 5.74) is 2.09. The maximum Gasteiger partial charge on any atom is 0.265 e. The van der Waals surface area contributed by atoms with Crippen molar-refractivity contribution in [1.82, 2.24) is 0 Å². The molecular formula is C13H15ClO4S. The SMILES string of the molecule is COc1cc(S(=O)(=O)Cl)c(OC)c2c1C1CCC2C1. The van der Waals surface area contributed by atoms with Gasteiger partial charge in [-0.1, -0.05) is 0 Å². The van der Waals surface area contributed by atoms with Gasteiger partial charge in [0.15, 0.2) is 0 Å². The molecule has 1 fully saturated rings. The summed E-state index contributed by atoms with van der Waals surface area (Å²) < 4.78 is 34.1. The molecule has 3 rings (SSSR count). The van der Waals surface area contributed by atoms with Crippen LogP contribution in [0.25, 0.3) is 0 Å². The Hall–Kier alpha value is -0.940. The summed E-state index contributed by atoms with van der Waals surface area (Å²) in [5, 5.41) is 0. The summed E-state index contributed by atoms with van der Waals surface area (Å²) in [7, 11) is 4.70. The molecule has 19 heavy (non-hydrogen) atoms. The Kier molecular flexibility index (Phi) is 2.94. The minimum absolute atomic E-state index is 0.0137. The standard InChI is InChI=1S/C13H15ClO4S/c1-17-9-6-10(19(14,15)16)13(18-2)12-8-4-3-7(5-8)11(9)12/h6-8H,3-5H2,1-2H3. The fraction of sp³-hybridized carbons (Fsp3) is 0.538. The molecule has 0 N–H and O–H groups in total. The van der Waals surface area contributed by atoms with Crippen molar-refractivity contribution < 1.29 is 17.9 Å². The Morgan fingerprint density at radius 3 is 2.32 bits per heavy atom. The van der Waals surface area contributed by atoms with Crippen LogP contribution in [0, 0.1) is 0 Å². The third-order valence-electron chi connectivity index (χ3n) is 4.22. The van der Waals surface area contributed by atoms with E-state index in [1.807, 2.05) is 0 Å². The molecule has 6 heteroatoms. The van der Waals surface area contributed by atoms with E-state index in [0.717, 1.165) is 30.4 Å². The lowest BCUT2D eigenvalue weighted by atomic mass is 9.90. The number of fused-ring (bicyclic) bond motifs is 5. The molecule has 2 aliphatic carbocycles. The van der Waals surface area contributed by atoms with Gasteiger partial charge in [0.05, 0.1) is 14.2 Å². The molecule has 104 valence electrons. The number of benzene rings is 1. The summed E-state index contributed by atoms with van der Waals surface area (Å²) in [4.78, 5) is 0.0137. The van der Waals surface area contributed by atoms with Crippen LogP contribution in [0.1, 0.15) is 42.2 Å². The zero-order valence-electron chi connectivity index (χ0n) is 10.8. The van der Waals surface area contributed by atoms with Gasteiger partial charge in [0.2, 0.25) is 0 Å². The number of halogens is 1. The van der Waals surface area contributed by atoms with Crippen molar-refractivity contribution in [2.75, 3.05) is 14.2 Å². The Balaban J connectivity index is 2.34. The van der Waals surface area contributed by atoms with E-state index in [2.05, 4.69) is 0 Å². The lowest BCUT2D eigenvalue weighted by molar-refractivity contribution is 0.381. The average molecular weight is 303 g/mol. The predicted molar refractivity (Wildman–Crippen MR) is 71.9 cm³/mol. The first kappa shape index (κ1) is 13.1. The lowest BCUT2D eigenvalue weighted by Gasteiger charge is -2.22. The zero-order chi connectivity index (χ0) is 13.8. The molecule has 0 aliphatic heterocycles. The van der Waals surface area contributed by atoms with E-state index >= 15 is 0 Å². The highest BCUT2D eigenvalue weighted by atomic mass is 35.7. The average Bonchev–Trinajstić information content (AvgIpc) is 2.97. The largest absolute Gasteiger partial charge is 0.496 e. The van der Waals surface area contributed by atoms with Crippen molar-refractivity contribution in [3.8, 4) is 11.5 Å². The highest BCUT2D eigenvalue weighted by molar-refractivity contribution is 8.13. The van der Waals surface area contributed by atoms with E-state index in [1.165, 1.54) is 13.2 Å². The van der Waals surface area contributed by atoms with Gasteiger partial charge in [-0.05, 0) is 31.1 Å². The van der Waals surface area contributed by atoms with Crippen LogP contribution in [-0.4, -0.2) is 22.6 Å². The number of ether oxygens (including phenoxy) is 2. The maximum atomic E-state index is 11.7. The molecule has 1 aromatic rings. The van der Waals surface area contributed by atoms with E-state index in [1.54, 1.807) is 7.11 Å². The third kappa shape index (κ3) is 1.82. The molecular weight excluding hydrogens is 288 g/mol. The molecule has 0 heterocycles. The first-order valence-electron chi connectivity index (χ1n) is 6.20. The molecule has 2 bridgehead atoms. The van der Waals surface area contributed by atoms with E-state index in [9.17, 15) is 8.42 Å². The molecule has 2 atom stereocenters. The second-order valence-corrected chi connectivity index (χ2v) is 7.62. The van der Waals surface area contributed by atoms with Crippen LogP contribution in [-0.2, 0) is 9.05 Å². The molecule has 0 amide bonds. The van der Waals surface area contributed by atoms with Crippen molar-refractivity contribution in [1.29, 1.82) is 0 Å². The Morgan fingerprint density at radius 2 is 1.79 bits per heavy atom. The van der Waals surface area contributed by atoms with Gasteiger partial charge in [0, 0.05) is 27.9 Å². The van der Waals surface area contributed by atoms with Gasteiger partial charge < -0.3 is 9.47 Å². The first-order valence-corrected chi connectivity index (χ1v) is 8.51. The Bertz CT molecular complexity index is 639. The molecule has 1 aromatic carbocycles. The van der Waals surface area contributed by atoms with Crippen molar-refractivity contribution in [2.45, 2.75) is 36.0 Å². The van der Waals surface area contributed by atoms with Crippen LogP contribution in [0.3, 0.4) is 0 Å². The second kappa shape index (κ2) is 4.28. The van der Waals surface area contributed by atoms with E-state index < -0.39 is 9.05 Å². The lowest BCUT2D eigenvalue weighted by Crippen LogP contribution is -2.07. The van der Waals surface area contributed by atoms with Gasteiger partial charge in [-0.2, -0.15) is 0 Å². The number of methoxy groups -OCH3 is 2. The summed E-state index contributed by atoms with van der Waals surface area (Å²) in [5.74, 6) is 1.83. The predicted octanol–water partition coefficient (Wildman–Crippen LogP) is 3.00. The van der Waals surface area contributed by atoms with Gasteiger partial charge in [0.25, 0.3) is 9.05 Å². The number of hydrogen-bond acceptors (Lipinski definition) is 4. The molecule has 0 saturated heterocycles. The van der Waals surface area contributed by atoms with Gasteiger partial charge in [-0.15, -0.1) is 0 Å². The highest BCUT2D eigenvalue weighted by Crippen LogP contribution is 2.60. The summed E-state index contributed by atoms with van der Waals surface area (Å²) in [6.45, 7) is 0. The summed E-state index contributed by atoms with van der Waals surface area (Å²) in [6.07, 6.45) is 3.25. The van der Waals surface area contributed by atoms with Crippen molar-refractivity contribution in [3.05, 3.63) is 17.2 Å². The van der Waals surface area contributed by atoms with Crippen LogP contribution in [0.4, 0.5) is 0 Å². The van der Waals surface area contributed by atoms with Crippen LogP contribution in [0.5, 0.6) is 11.5 Å². The first-order chi connectivity index (χ1) is 8.97. The molecule has 0 radical (unpaired) electrons. The normalized spacial score (nSPS) is 24.4. The van der Waals surface area contributed by atoms with Crippen molar-refractivity contribution in [2.24, 2.45) is 0 Å². The molecule has 0 aromatic heterocycles. The van der Waals surface area contributed by atoms with Crippen LogP contribution in [0.2, 0.25) is 0 Å². The van der Waals surface area contributed by atoms with Crippen molar-refractivity contribution >= 4 is 19.7 Å². The van der Waals surface area contributed by atoms with E-state index in [-0.39, 0.29) is 4.90 Å². The Morgan fingerprint density at radius 1 is 1.16 bits per heavy atom. The molecule has 2 aliphatic rings. The molecule has 1 saturated carbocycles. The number of rotatable bonds is 3. The zero-order valence-corrected chi connectivity index (χ0v) is 12.3. The fourth-order valence-electron chi connectivity index (χ4n) is 3.54. The quantitative estimate of drug-likeness (QED) is 0.806. The van der Waals surface area contributed by atoms with Crippen LogP contribution < -0.4 is 9.47 Å². The monoisotopic (exact) mass is 302 g/mol. The highest BCUT2D eigenvalue weighted by Gasteiger charge is 2.43. The molecule has 4 nitrogen and oxygen atoms in total. The fourth-order valence-corrected chi connectivity index (χ4v) is 4.55. The third-order valence-corrected chi connectivity index (χ3v) is 5.55. The summed E-state index contributed by atoms with van der Waals surface area (Å²) in [6, 6.07) is 1.49. The van der Waals surface area contributed by atoms with Gasteiger partial charge >= 0.3 is 0 Å². The maximum absolute atomic E-state index is 11.7. The van der Waals surface area contributed by atoms with Crippen molar-refractivity contribution in [3.63, 3.8) is 0 Å². The minimum atomic E-state index is -3.85. The Labute approximate surface area is 117 Å². The second-order valence-electron chi connectivity index (χ2n) is 5.08. The van der Waals surface area contributed by atoms with Crippen LogP contribution in [0.15, 0.2) is 11.0 Å². The van der Waals surface area contributed by atoms with Gasteiger partial charge in [-0.3, -0.25) is 0 Å². The minimum Gasteiger partial charge on any atom is -0.496 e.